The van der Waals surface area contributed by atoms with Crippen LogP contribution in [0.3, 0.4) is 0 Å². The summed E-state index contributed by atoms with van der Waals surface area (Å²) in [6, 6.07) is 0.324. The van der Waals surface area contributed by atoms with Gasteiger partial charge in [-0.1, -0.05) is 26.7 Å². The van der Waals surface area contributed by atoms with Gasteiger partial charge in [0.25, 0.3) is 0 Å². The van der Waals surface area contributed by atoms with Crippen molar-refractivity contribution in [3.63, 3.8) is 0 Å². The molecule has 2 nitrogen and oxygen atoms in total. The molecular weight excluding hydrogens is 174 g/mol. The maximum Gasteiger partial charge on any atom is 0.0693 e. The molecule has 2 heteroatoms. The van der Waals surface area contributed by atoms with Gasteiger partial charge in [0.05, 0.1) is 5.60 Å². The molecule has 1 fully saturated rings. The summed E-state index contributed by atoms with van der Waals surface area (Å²) in [5, 5.41) is 0. The number of hydrogen-bond acceptors (Lipinski definition) is 2. The van der Waals surface area contributed by atoms with Gasteiger partial charge in [0.15, 0.2) is 0 Å². The fourth-order valence-electron chi connectivity index (χ4n) is 2.55. The molecule has 0 bridgehead atoms. The fraction of sp³-hybridized carbons (Fsp3) is 1.00. The normalized spacial score (nSPS) is 22.1. The molecule has 0 heterocycles. The van der Waals surface area contributed by atoms with E-state index in [1.54, 1.807) is 0 Å². The fourth-order valence-corrected chi connectivity index (χ4v) is 2.55. The molecule has 1 aliphatic rings. The molecule has 0 radical (unpaired) electrons. The van der Waals surface area contributed by atoms with E-state index in [-0.39, 0.29) is 5.60 Å². The first-order valence-electron chi connectivity index (χ1n) is 5.98. The molecule has 2 N–H and O–H groups in total. The zero-order valence-corrected chi connectivity index (χ0v) is 9.88. The van der Waals surface area contributed by atoms with Crippen LogP contribution in [0.1, 0.15) is 52.4 Å². The van der Waals surface area contributed by atoms with Gasteiger partial charge in [0, 0.05) is 13.2 Å². The summed E-state index contributed by atoms with van der Waals surface area (Å²) in [6.07, 6.45) is 7.16. The van der Waals surface area contributed by atoms with Crippen molar-refractivity contribution in [1.29, 1.82) is 0 Å². The molecule has 1 unspecified atom stereocenters. The average Bonchev–Trinajstić information content (AvgIpc) is 2.13. The lowest BCUT2D eigenvalue weighted by molar-refractivity contribution is -0.0845. The van der Waals surface area contributed by atoms with Gasteiger partial charge in [-0.15, -0.1) is 0 Å². The smallest absolute Gasteiger partial charge is 0.0693 e. The zero-order valence-electron chi connectivity index (χ0n) is 9.88. The van der Waals surface area contributed by atoms with Crippen molar-refractivity contribution in [2.24, 2.45) is 11.7 Å². The van der Waals surface area contributed by atoms with Crippen LogP contribution < -0.4 is 5.73 Å². The average molecular weight is 199 g/mol. The Kier molecular flexibility index (Phi) is 4.39. The van der Waals surface area contributed by atoms with E-state index in [1.807, 2.05) is 7.11 Å². The highest BCUT2D eigenvalue weighted by molar-refractivity contribution is 4.93. The summed E-state index contributed by atoms with van der Waals surface area (Å²) in [4.78, 5) is 0. The molecule has 14 heavy (non-hydrogen) atoms. The maximum absolute atomic E-state index is 6.23. The van der Waals surface area contributed by atoms with E-state index in [2.05, 4.69) is 13.8 Å². The summed E-state index contributed by atoms with van der Waals surface area (Å²) in [7, 11) is 1.83. The Morgan fingerprint density at radius 2 is 1.86 bits per heavy atom. The molecule has 0 saturated heterocycles. The van der Waals surface area contributed by atoms with E-state index in [1.165, 1.54) is 32.1 Å². The summed E-state index contributed by atoms with van der Waals surface area (Å²) >= 11 is 0. The lowest BCUT2D eigenvalue weighted by atomic mass is 9.73. The molecule has 1 aliphatic carbocycles. The Labute approximate surface area is 88.2 Å². The van der Waals surface area contributed by atoms with Crippen LogP contribution >= 0.6 is 0 Å². The molecule has 0 aliphatic heterocycles. The first kappa shape index (κ1) is 12.0. The van der Waals surface area contributed by atoms with Crippen molar-refractivity contribution in [2.75, 3.05) is 7.11 Å². The number of ether oxygens (including phenoxy) is 1. The Morgan fingerprint density at radius 1 is 1.29 bits per heavy atom. The van der Waals surface area contributed by atoms with Crippen LogP contribution in [0.25, 0.3) is 0 Å². The number of methoxy groups -OCH3 is 1. The third-order valence-corrected chi connectivity index (χ3v) is 3.96. The number of rotatable bonds is 6. The molecule has 1 atom stereocenters. The topological polar surface area (TPSA) is 35.2 Å². The zero-order chi connectivity index (χ0) is 10.6. The SMILES string of the molecule is CCC(CC)C(N)CC1(OC)CCC1. The van der Waals surface area contributed by atoms with Crippen molar-refractivity contribution in [3.8, 4) is 0 Å². The predicted octanol–water partition coefficient (Wildman–Crippen LogP) is 2.71. The maximum atomic E-state index is 6.23. The van der Waals surface area contributed by atoms with Gasteiger partial charge in [-0.3, -0.25) is 0 Å². The highest BCUT2D eigenvalue weighted by atomic mass is 16.5. The Balaban J connectivity index is 2.41. The standard InChI is InChI=1S/C12H25NO/c1-4-10(5-2)11(13)9-12(14-3)7-6-8-12/h10-11H,4-9,13H2,1-3H3. The second-order valence-corrected chi connectivity index (χ2v) is 4.69. The van der Waals surface area contributed by atoms with Gasteiger partial charge in [0.1, 0.15) is 0 Å². The Morgan fingerprint density at radius 3 is 2.14 bits per heavy atom. The van der Waals surface area contributed by atoms with E-state index in [0.717, 1.165) is 6.42 Å². The third-order valence-electron chi connectivity index (χ3n) is 3.96. The van der Waals surface area contributed by atoms with E-state index in [9.17, 15) is 0 Å². The highest BCUT2D eigenvalue weighted by Gasteiger charge is 2.39. The molecule has 1 rings (SSSR count). The van der Waals surface area contributed by atoms with Crippen LogP contribution in [-0.4, -0.2) is 18.8 Å². The van der Waals surface area contributed by atoms with Gasteiger partial charge in [-0.25, -0.2) is 0 Å². The van der Waals surface area contributed by atoms with Crippen molar-refractivity contribution in [2.45, 2.75) is 64.0 Å². The van der Waals surface area contributed by atoms with E-state index in [0.29, 0.717) is 12.0 Å². The molecule has 0 spiro atoms. The summed E-state index contributed by atoms with van der Waals surface area (Å²) in [5.41, 5.74) is 6.37. The van der Waals surface area contributed by atoms with Gasteiger partial charge in [0.2, 0.25) is 0 Å². The Bertz CT molecular complexity index is 156. The first-order chi connectivity index (χ1) is 6.67. The molecule has 84 valence electrons. The lowest BCUT2D eigenvalue weighted by Gasteiger charge is -2.43. The number of hydrogen-bond donors (Lipinski definition) is 1. The lowest BCUT2D eigenvalue weighted by Crippen LogP contribution is -2.46. The van der Waals surface area contributed by atoms with Crippen LogP contribution in [0.5, 0.6) is 0 Å². The summed E-state index contributed by atoms with van der Waals surface area (Å²) < 4.78 is 5.60. The van der Waals surface area contributed by atoms with Gasteiger partial charge in [-0.2, -0.15) is 0 Å². The van der Waals surface area contributed by atoms with Gasteiger partial charge in [-0.05, 0) is 31.6 Å². The second kappa shape index (κ2) is 5.13. The molecule has 1 saturated carbocycles. The van der Waals surface area contributed by atoms with Crippen molar-refractivity contribution >= 4 is 0 Å². The van der Waals surface area contributed by atoms with Crippen LogP contribution in [0.2, 0.25) is 0 Å². The minimum atomic E-state index is 0.141. The molecule has 0 aromatic heterocycles. The third kappa shape index (κ3) is 2.48. The molecular formula is C12H25NO. The predicted molar refractivity (Wildman–Crippen MR) is 60.3 cm³/mol. The monoisotopic (exact) mass is 199 g/mol. The molecule has 0 amide bonds. The van der Waals surface area contributed by atoms with Crippen LogP contribution in [0.4, 0.5) is 0 Å². The highest BCUT2D eigenvalue weighted by Crippen LogP contribution is 2.39. The largest absolute Gasteiger partial charge is 0.378 e. The van der Waals surface area contributed by atoms with E-state index in [4.69, 9.17) is 10.5 Å². The van der Waals surface area contributed by atoms with Crippen LogP contribution in [0.15, 0.2) is 0 Å². The van der Waals surface area contributed by atoms with Crippen LogP contribution in [-0.2, 0) is 4.74 Å². The van der Waals surface area contributed by atoms with Gasteiger partial charge >= 0.3 is 0 Å². The summed E-state index contributed by atoms with van der Waals surface area (Å²) in [5.74, 6) is 0.669. The minimum absolute atomic E-state index is 0.141. The minimum Gasteiger partial charge on any atom is -0.378 e. The van der Waals surface area contributed by atoms with Crippen molar-refractivity contribution in [1.82, 2.24) is 0 Å². The quantitative estimate of drug-likeness (QED) is 0.714. The first-order valence-corrected chi connectivity index (χ1v) is 5.98. The van der Waals surface area contributed by atoms with Crippen molar-refractivity contribution in [3.05, 3.63) is 0 Å². The van der Waals surface area contributed by atoms with E-state index < -0.39 is 0 Å². The van der Waals surface area contributed by atoms with Crippen molar-refractivity contribution < 1.29 is 4.74 Å². The second-order valence-electron chi connectivity index (χ2n) is 4.69. The van der Waals surface area contributed by atoms with Gasteiger partial charge < -0.3 is 10.5 Å². The molecule has 0 aromatic carbocycles. The number of nitrogens with two attached hydrogens (primary N) is 1. The molecule has 0 aromatic rings. The van der Waals surface area contributed by atoms with Crippen LogP contribution in [0, 0.1) is 5.92 Å². The Hall–Kier alpha value is -0.0800. The summed E-state index contributed by atoms with van der Waals surface area (Å²) in [6.45, 7) is 4.46. The van der Waals surface area contributed by atoms with E-state index >= 15 is 0 Å².